The predicted octanol–water partition coefficient (Wildman–Crippen LogP) is 4.44. The standard InChI is InChI=1S/C28H29N3O6S2/c1-39(34,35)31-20-11-7-10-19(15-20)26(32)30-28-25(21-12-5-6-13-24(21)38-28)27(33)29-22(23-16-36-17-37-23)14-18-8-3-2-4-9-18/h2-4,7-11,15-16,22,31H,5-6,12-14,17H2,1H3,(H,29,33)(H,30,32). The Labute approximate surface area is 231 Å². The number of sulfonamides is 1. The number of benzene rings is 2. The summed E-state index contributed by atoms with van der Waals surface area (Å²) in [6.45, 7) is 0.0961. The van der Waals surface area contributed by atoms with Crippen LogP contribution in [0.5, 0.6) is 0 Å². The minimum atomic E-state index is -3.50. The van der Waals surface area contributed by atoms with Gasteiger partial charge < -0.3 is 20.1 Å². The molecule has 1 unspecified atom stereocenters. The molecule has 2 amide bonds. The Balaban J connectivity index is 1.42. The zero-order chi connectivity index (χ0) is 27.4. The number of hydrogen-bond acceptors (Lipinski definition) is 7. The van der Waals surface area contributed by atoms with Gasteiger partial charge in [-0.2, -0.15) is 0 Å². The molecule has 0 saturated carbocycles. The lowest BCUT2D eigenvalue weighted by molar-refractivity contribution is 0.0706. The van der Waals surface area contributed by atoms with Crippen LogP contribution in [0.3, 0.4) is 0 Å². The number of rotatable bonds is 9. The van der Waals surface area contributed by atoms with E-state index in [4.69, 9.17) is 9.47 Å². The Bertz CT molecular complexity index is 1520. The van der Waals surface area contributed by atoms with E-state index in [2.05, 4.69) is 15.4 Å². The van der Waals surface area contributed by atoms with Crippen LogP contribution < -0.4 is 15.4 Å². The number of carbonyl (C=O) groups is 2. The molecule has 0 bridgehead atoms. The topological polar surface area (TPSA) is 123 Å². The highest BCUT2D eigenvalue weighted by atomic mass is 32.2. The molecule has 1 aliphatic heterocycles. The maximum atomic E-state index is 13.8. The molecule has 5 rings (SSSR count). The van der Waals surface area contributed by atoms with E-state index in [0.29, 0.717) is 22.7 Å². The van der Waals surface area contributed by atoms with Gasteiger partial charge in [0, 0.05) is 22.5 Å². The second-order valence-corrected chi connectivity index (χ2v) is 12.3. The van der Waals surface area contributed by atoms with Crippen molar-refractivity contribution in [3.63, 3.8) is 0 Å². The number of amides is 2. The van der Waals surface area contributed by atoms with Crippen LogP contribution in [0.25, 0.3) is 0 Å². The van der Waals surface area contributed by atoms with Gasteiger partial charge in [-0.3, -0.25) is 14.3 Å². The average Bonchev–Trinajstić information content (AvgIpc) is 3.56. The highest BCUT2D eigenvalue weighted by Gasteiger charge is 2.30. The Morgan fingerprint density at radius 1 is 1.03 bits per heavy atom. The van der Waals surface area contributed by atoms with Crippen LogP contribution in [-0.4, -0.2) is 39.3 Å². The van der Waals surface area contributed by atoms with Crippen LogP contribution in [0.4, 0.5) is 10.7 Å². The molecule has 2 aromatic carbocycles. The maximum Gasteiger partial charge on any atom is 0.256 e. The smallest absolute Gasteiger partial charge is 0.256 e. The third-order valence-electron chi connectivity index (χ3n) is 6.48. The van der Waals surface area contributed by atoms with Crippen molar-refractivity contribution < 1.29 is 27.5 Å². The van der Waals surface area contributed by atoms with Gasteiger partial charge in [0.05, 0.1) is 17.9 Å². The van der Waals surface area contributed by atoms with E-state index in [1.54, 1.807) is 18.2 Å². The zero-order valence-electron chi connectivity index (χ0n) is 21.4. The Hall–Kier alpha value is -3.83. The number of aryl methyl sites for hydroxylation is 1. The van der Waals surface area contributed by atoms with E-state index < -0.39 is 22.0 Å². The second-order valence-electron chi connectivity index (χ2n) is 9.49. The molecule has 39 heavy (non-hydrogen) atoms. The lowest BCUT2D eigenvalue weighted by Gasteiger charge is -2.20. The van der Waals surface area contributed by atoms with Crippen molar-refractivity contribution in [3.8, 4) is 0 Å². The first kappa shape index (κ1) is 26.8. The Morgan fingerprint density at radius 3 is 2.56 bits per heavy atom. The van der Waals surface area contributed by atoms with Gasteiger partial charge in [0.1, 0.15) is 11.3 Å². The highest BCUT2D eigenvalue weighted by molar-refractivity contribution is 7.92. The lowest BCUT2D eigenvalue weighted by Crippen LogP contribution is -2.38. The SMILES string of the molecule is CS(=O)(=O)Nc1cccc(C(=O)Nc2sc3c(c2C(=O)NC(Cc2ccccc2)C2=COCO2)CCCC3)c1. The summed E-state index contributed by atoms with van der Waals surface area (Å²) >= 11 is 1.42. The minimum absolute atomic E-state index is 0.0961. The van der Waals surface area contributed by atoms with E-state index in [9.17, 15) is 18.0 Å². The summed E-state index contributed by atoms with van der Waals surface area (Å²) in [5.74, 6) is -0.192. The average molecular weight is 568 g/mol. The lowest BCUT2D eigenvalue weighted by atomic mass is 9.94. The largest absolute Gasteiger partial charge is 0.462 e. The van der Waals surface area contributed by atoms with Gasteiger partial charge in [-0.05, 0) is 55.0 Å². The molecule has 204 valence electrons. The van der Waals surface area contributed by atoms with Gasteiger partial charge in [-0.15, -0.1) is 11.3 Å². The molecule has 11 heteroatoms. The van der Waals surface area contributed by atoms with Crippen LogP contribution in [-0.2, 0) is 38.8 Å². The van der Waals surface area contributed by atoms with Crippen LogP contribution in [0.1, 0.15) is 49.6 Å². The Morgan fingerprint density at radius 2 is 1.82 bits per heavy atom. The molecule has 0 fully saturated rings. The molecule has 2 aliphatic rings. The summed E-state index contributed by atoms with van der Waals surface area (Å²) in [5, 5.41) is 6.51. The number of thiophene rings is 1. The quantitative estimate of drug-likeness (QED) is 0.352. The van der Waals surface area contributed by atoms with E-state index in [1.807, 2.05) is 30.3 Å². The summed E-state index contributed by atoms with van der Waals surface area (Å²) < 4.78 is 36.5. The molecule has 0 radical (unpaired) electrons. The molecule has 2 heterocycles. The van der Waals surface area contributed by atoms with E-state index in [0.717, 1.165) is 47.9 Å². The van der Waals surface area contributed by atoms with Gasteiger partial charge in [0.25, 0.3) is 11.8 Å². The van der Waals surface area contributed by atoms with E-state index in [1.165, 1.54) is 23.7 Å². The molecular weight excluding hydrogens is 538 g/mol. The highest BCUT2D eigenvalue weighted by Crippen LogP contribution is 2.38. The number of fused-ring (bicyclic) bond motifs is 1. The first-order valence-electron chi connectivity index (χ1n) is 12.6. The third kappa shape index (κ3) is 6.61. The van der Waals surface area contributed by atoms with Crippen molar-refractivity contribution in [2.45, 2.75) is 38.1 Å². The van der Waals surface area contributed by atoms with Crippen LogP contribution >= 0.6 is 11.3 Å². The molecule has 0 spiro atoms. The van der Waals surface area contributed by atoms with Crippen molar-refractivity contribution in [1.82, 2.24) is 5.32 Å². The normalized spacial score (nSPS) is 15.3. The van der Waals surface area contributed by atoms with E-state index >= 15 is 0 Å². The summed E-state index contributed by atoms with van der Waals surface area (Å²) in [6, 6.07) is 15.6. The number of hydrogen-bond donors (Lipinski definition) is 3. The van der Waals surface area contributed by atoms with Crippen molar-refractivity contribution in [3.05, 3.63) is 93.7 Å². The van der Waals surface area contributed by atoms with Crippen LogP contribution in [0.15, 0.2) is 66.6 Å². The zero-order valence-corrected chi connectivity index (χ0v) is 23.0. The second kappa shape index (κ2) is 11.5. The molecule has 1 aromatic heterocycles. The molecule has 9 nitrogen and oxygen atoms in total. The fourth-order valence-electron chi connectivity index (χ4n) is 4.75. The molecule has 0 saturated heterocycles. The predicted molar refractivity (Wildman–Crippen MR) is 150 cm³/mol. The summed E-state index contributed by atoms with van der Waals surface area (Å²) in [4.78, 5) is 28.2. The monoisotopic (exact) mass is 567 g/mol. The van der Waals surface area contributed by atoms with Crippen molar-refractivity contribution in [2.24, 2.45) is 0 Å². The first-order chi connectivity index (χ1) is 18.8. The summed E-state index contributed by atoms with van der Waals surface area (Å²) in [5.41, 5.74) is 3.01. The molecular formula is C28H29N3O6S2. The number of carbonyl (C=O) groups excluding carboxylic acids is 2. The fraction of sp³-hybridized carbons (Fsp3) is 0.286. The molecule has 3 aromatic rings. The van der Waals surface area contributed by atoms with Crippen LogP contribution in [0.2, 0.25) is 0 Å². The molecule has 3 N–H and O–H groups in total. The van der Waals surface area contributed by atoms with Gasteiger partial charge in [-0.25, -0.2) is 8.42 Å². The summed E-state index contributed by atoms with van der Waals surface area (Å²) in [7, 11) is -3.50. The van der Waals surface area contributed by atoms with Crippen molar-refractivity contribution in [2.75, 3.05) is 23.1 Å². The number of anilines is 2. The Kier molecular flexibility index (Phi) is 7.89. The van der Waals surface area contributed by atoms with Gasteiger partial charge in [-0.1, -0.05) is 36.4 Å². The van der Waals surface area contributed by atoms with E-state index in [-0.39, 0.29) is 24.0 Å². The molecule has 1 aliphatic carbocycles. The fourth-order valence-corrected chi connectivity index (χ4v) is 6.58. The maximum absolute atomic E-state index is 13.8. The van der Waals surface area contributed by atoms with Gasteiger partial charge in [0.2, 0.25) is 16.8 Å². The minimum Gasteiger partial charge on any atom is -0.462 e. The first-order valence-corrected chi connectivity index (χ1v) is 15.3. The van der Waals surface area contributed by atoms with Gasteiger partial charge in [0.15, 0.2) is 5.76 Å². The van der Waals surface area contributed by atoms with Crippen molar-refractivity contribution in [1.29, 1.82) is 0 Å². The summed E-state index contributed by atoms with van der Waals surface area (Å²) in [6.07, 6.45) is 6.67. The van der Waals surface area contributed by atoms with Crippen molar-refractivity contribution >= 4 is 43.9 Å². The van der Waals surface area contributed by atoms with Gasteiger partial charge >= 0.3 is 0 Å². The number of nitrogens with one attached hydrogen (secondary N) is 3. The third-order valence-corrected chi connectivity index (χ3v) is 8.29. The molecule has 1 atom stereocenters. The number of ether oxygens (including phenoxy) is 2. The van der Waals surface area contributed by atoms with Crippen LogP contribution in [0, 0.1) is 0 Å².